The van der Waals surface area contributed by atoms with Gasteiger partial charge in [0.1, 0.15) is 5.60 Å². The Bertz CT molecular complexity index is 173. The number of hydrogen-bond donors (Lipinski definition) is 0. The highest BCUT2D eigenvalue weighted by atomic mass is 32.2. The Morgan fingerprint density at radius 2 is 2.00 bits per heavy atom. The van der Waals surface area contributed by atoms with Crippen molar-refractivity contribution in [2.75, 3.05) is 11.5 Å². The standard InChI is InChI=1S/C8H12O2S/c9-7-1-2-8(10-7)3-5-11-6-4-8/h1-6H2. The minimum absolute atomic E-state index is 0.0110. The minimum atomic E-state index is -0.0255. The lowest BCUT2D eigenvalue weighted by atomic mass is 9.93. The molecular weight excluding hydrogens is 160 g/mol. The summed E-state index contributed by atoms with van der Waals surface area (Å²) in [5, 5.41) is 0. The third-order valence-corrected chi connectivity index (χ3v) is 3.50. The molecule has 0 aromatic heterocycles. The normalized spacial score (nSPS) is 28.9. The quantitative estimate of drug-likeness (QED) is 0.519. The van der Waals surface area contributed by atoms with Crippen molar-refractivity contribution in [1.82, 2.24) is 0 Å². The van der Waals surface area contributed by atoms with Crippen LogP contribution in [0.3, 0.4) is 0 Å². The average Bonchev–Trinajstić information content (AvgIpc) is 2.34. The van der Waals surface area contributed by atoms with E-state index in [2.05, 4.69) is 0 Å². The van der Waals surface area contributed by atoms with Crippen molar-refractivity contribution in [2.24, 2.45) is 0 Å². The van der Waals surface area contributed by atoms with Gasteiger partial charge in [0.05, 0.1) is 0 Å². The molecule has 0 unspecified atom stereocenters. The van der Waals surface area contributed by atoms with Crippen LogP contribution in [-0.2, 0) is 9.53 Å². The Balaban J connectivity index is 2.03. The molecule has 0 bridgehead atoms. The van der Waals surface area contributed by atoms with Gasteiger partial charge in [-0.1, -0.05) is 0 Å². The van der Waals surface area contributed by atoms with Gasteiger partial charge in [-0.2, -0.15) is 11.8 Å². The summed E-state index contributed by atoms with van der Waals surface area (Å²) in [6.45, 7) is 0. The summed E-state index contributed by atoms with van der Waals surface area (Å²) in [7, 11) is 0. The minimum Gasteiger partial charge on any atom is -0.459 e. The third kappa shape index (κ3) is 1.39. The van der Waals surface area contributed by atoms with E-state index in [1.54, 1.807) is 0 Å². The summed E-state index contributed by atoms with van der Waals surface area (Å²) in [5.74, 6) is 2.33. The van der Waals surface area contributed by atoms with E-state index in [1.165, 1.54) is 0 Å². The van der Waals surface area contributed by atoms with Crippen LogP contribution in [0.1, 0.15) is 25.7 Å². The van der Waals surface area contributed by atoms with Gasteiger partial charge < -0.3 is 4.74 Å². The zero-order valence-corrected chi connectivity index (χ0v) is 7.28. The maximum absolute atomic E-state index is 10.9. The van der Waals surface area contributed by atoms with Gasteiger partial charge in [-0.3, -0.25) is 4.79 Å². The van der Waals surface area contributed by atoms with Crippen molar-refractivity contribution in [1.29, 1.82) is 0 Å². The second-order valence-electron chi connectivity index (χ2n) is 3.27. The van der Waals surface area contributed by atoms with Crippen molar-refractivity contribution in [2.45, 2.75) is 31.3 Å². The van der Waals surface area contributed by atoms with Crippen molar-refractivity contribution in [3.8, 4) is 0 Å². The summed E-state index contributed by atoms with van der Waals surface area (Å²) in [6.07, 6.45) is 3.75. The number of hydrogen-bond acceptors (Lipinski definition) is 3. The van der Waals surface area contributed by atoms with Crippen molar-refractivity contribution in [3.63, 3.8) is 0 Å². The third-order valence-electron chi connectivity index (χ3n) is 2.52. The summed E-state index contributed by atoms with van der Waals surface area (Å²) in [5.41, 5.74) is -0.0255. The van der Waals surface area contributed by atoms with Crippen LogP contribution in [0, 0.1) is 0 Å². The molecule has 0 N–H and O–H groups in total. The second-order valence-corrected chi connectivity index (χ2v) is 4.49. The molecular formula is C8H12O2S. The first-order valence-corrected chi connectivity index (χ1v) is 5.26. The lowest BCUT2D eigenvalue weighted by molar-refractivity contribution is -0.148. The van der Waals surface area contributed by atoms with Crippen LogP contribution in [0.25, 0.3) is 0 Å². The smallest absolute Gasteiger partial charge is 0.306 e. The molecule has 0 saturated carbocycles. The van der Waals surface area contributed by atoms with E-state index < -0.39 is 0 Å². The fraction of sp³-hybridized carbons (Fsp3) is 0.875. The Morgan fingerprint density at radius 3 is 2.55 bits per heavy atom. The summed E-state index contributed by atoms with van der Waals surface area (Å²) < 4.78 is 5.34. The molecule has 62 valence electrons. The highest BCUT2D eigenvalue weighted by Gasteiger charge is 2.40. The highest BCUT2D eigenvalue weighted by molar-refractivity contribution is 7.99. The van der Waals surface area contributed by atoms with Crippen molar-refractivity contribution >= 4 is 17.7 Å². The zero-order valence-electron chi connectivity index (χ0n) is 6.47. The topological polar surface area (TPSA) is 26.3 Å². The molecule has 0 aliphatic carbocycles. The molecule has 0 radical (unpaired) electrons. The monoisotopic (exact) mass is 172 g/mol. The van der Waals surface area contributed by atoms with Gasteiger partial charge in [0.25, 0.3) is 0 Å². The van der Waals surface area contributed by atoms with E-state index >= 15 is 0 Å². The van der Waals surface area contributed by atoms with Crippen molar-refractivity contribution in [3.05, 3.63) is 0 Å². The molecule has 2 rings (SSSR count). The van der Waals surface area contributed by atoms with Crippen LogP contribution in [0.2, 0.25) is 0 Å². The maximum Gasteiger partial charge on any atom is 0.306 e. The largest absolute Gasteiger partial charge is 0.459 e. The first-order valence-electron chi connectivity index (χ1n) is 4.10. The molecule has 0 aromatic carbocycles. The fourth-order valence-corrected chi connectivity index (χ4v) is 3.01. The first kappa shape index (κ1) is 7.47. The van der Waals surface area contributed by atoms with Gasteiger partial charge >= 0.3 is 5.97 Å². The predicted molar refractivity (Wildman–Crippen MR) is 44.6 cm³/mol. The summed E-state index contributed by atoms with van der Waals surface area (Å²) >= 11 is 1.97. The molecule has 1 spiro atoms. The molecule has 0 amide bonds. The molecule has 2 saturated heterocycles. The van der Waals surface area contributed by atoms with Gasteiger partial charge in [0.15, 0.2) is 0 Å². The fourth-order valence-electron chi connectivity index (χ4n) is 1.77. The maximum atomic E-state index is 10.9. The molecule has 0 atom stereocenters. The van der Waals surface area contributed by atoms with Crippen LogP contribution >= 0.6 is 11.8 Å². The van der Waals surface area contributed by atoms with E-state index in [9.17, 15) is 4.79 Å². The van der Waals surface area contributed by atoms with E-state index in [-0.39, 0.29) is 11.6 Å². The Kier molecular flexibility index (Phi) is 1.83. The van der Waals surface area contributed by atoms with Crippen LogP contribution < -0.4 is 0 Å². The number of rotatable bonds is 0. The van der Waals surface area contributed by atoms with E-state index in [0.717, 1.165) is 30.8 Å². The number of carbonyl (C=O) groups is 1. The van der Waals surface area contributed by atoms with Crippen LogP contribution in [0.15, 0.2) is 0 Å². The number of thioether (sulfide) groups is 1. The Hall–Kier alpha value is -0.180. The lowest BCUT2D eigenvalue weighted by Gasteiger charge is -2.31. The molecule has 2 aliphatic rings. The van der Waals surface area contributed by atoms with Gasteiger partial charge in [-0.25, -0.2) is 0 Å². The van der Waals surface area contributed by atoms with Crippen LogP contribution in [0.4, 0.5) is 0 Å². The Morgan fingerprint density at radius 1 is 1.27 bits per heavy atom. The van der Waals surface area contributed by atoms with E-state index in [1.807, 2.05) is 11.8 Å². The summed E-state index contributed by atoms with van der Waals surface area (Å²) in [4.78, 5) is 10.9. The first-order chi connectivity index (χ1) is 5.31. The van der Waals surface area contributed by atoms with E-state index in [4.69, 9.17) is 4.74 Å². The molecule has 3 heteroatoms. The van der Waals surface area contributed by atoms with Crippen molar-refractivity contribution < 1.29 is 9.53 Å². The predicted octanol–water partition coefficient (Wildman–Crippen LogP) is 1.59. The molecule has 0 aromatic rings. The molecule has 2 aliphatic heterocycles. The van der Waals surface area contributed by atoms with Gasteiger partial charge in [-0.05, 0) is 30.8 Å². The highest BCUT2D eigenvalue weighted by Crippen LogP contribution is 2.38. The lowest BCUT2D eigenvalue weighted by Crippen LogP contribution is -2.32. The zero-order chi connectivity index (χ0) is 7.73. The number of ether oxygens (including phenoxy) is 1. The molecule has 2 nitrogen and oxygen atoms in total. The van der Waals surface area contributed by atoms with Crippen LogP contribution in [-0.4, -0.2) is 23.1 Å². The molecule has 11 heavy (non-hydrogen) atoms. The summed E-state index contributed by atoms with van der Waals surface area (Å²) in [6, 6.07) is 0. The van der Waals surface area contributed by atoms with Gasteiger partial charge in [0.2, 0.25) is 0 Å². The Labute approximate surface area is 70.7 Å². The second kappa shape index (κ2) is 2.70. The molecule has 2 fully saturated rings. The van der Waals surface area contributed by atoms with E-state index in [0.29, 0.717) is 6.42 Å². The van der Waals surface area contributed by atoms with Gasteiger partial charge in [-0.15, -0.1) is 0 Å². The molecule has 2 heterocycles. The number of carbonyl (C=O) groups excluding carboxylic acids is 1. The average molecular weight is 172 g/mol. The van der Waals surface area contributed by atoms with Crippen LogP contribution in [0.5, 0.6) is 0 Å². The number of esters is 1. The van der Waals surface area contributed by atoms with Gasteiger partial charge in [0, 0.05) is 6.42 Å². The SMILES string of the molecule is O=C1CCC2(CCSCC2)O1.